The van der Waals surface area contributed by atoms with E-state index in [1.807, 2.05) is 43.5 Å². The van der Waals surface area contributed by atoms with E-state index in [4.69, 9.17) is 16.3 Å². The standard InChI is InChI=1S/C24H22ClN3O3/c1-5-28-12-17(23(29)16-9-10-18(25)14(3)22(16)28)24(30)27-19-11-13(2)26-21-15(19)7-6-8-20(21)31-4/h6-12H,5H2,1-4H3,(H,26,27,30). The zero-order valence-electron chi connectivity index (χ0n) is 17.7. The normalized spacial score (nSPS) is 11.1. The van der Waals surface area contributed by atoms with Crippen LogP contribution < -0.4 is 15.5 Å². The van der Waals surface area contributed by atoms with E-state index in [0.29, 0.717) is 33.9 Å². The zero-order valence-corrected chi connectivity index (χ0v) is 18.5. The highest BCUT2D eigenvalue weighted by atomic mass is 35.5. The monoisotopic (exact) mass is 435 g/mol. The van der Waals surface area contributed by atoms with Crippen LogP contribution in [0.4, 0.5) is 5.69 Å². The van der Waals surface area contributed by atoms with Crippen LogP contribution in [0.1, 0.15) is 28.5 Å². The van der Waals surface area contributed by atoms with E-state index in [9.17, 15) is 9.59 Å². The topological polar surface area (TPSA) is 73.2 Å². The number of fused-ring (bicyclic) bond motifs is 2. The van der Waals surface area contributed by atoms with Crippen LogP contribution in [0, 0.1) is 13.8 Å². The molecule has 6 nitrogen and oxygen atoms in total. The number of carbonyl (C=O) groups is 1. The van der Waals surface area contributed by atoms with Crippen LogP contribution in [-0.4, -0.2) is 22.6 Å². The number of para-hydroxylation sites is 1. The number of nitrogens with zero attached hydrogens (tertiary/aromatic N) is 2. The van der Waals surface area contributed by atoms with Gasteiger partial charge in [-0.25, -0.2) is 4.98 Å². The van der Waals surface area contributed by atoms with Crippen LogP contribution in [0.25, 0.3) is 21.8 Å². The Labute approximate surface area is 184 Å². The highest BCUT2D eigenvalue weighted by Gasteiger charge is 2.19. The van der Waals surface area contributed by atoms with Gasteiger partial charge in [-0.15, -0.1) is 0 Å². The molecule has 31 heavy (non-hydrogen) atoms. The van der Waals surface area contributed by atoms with Gasteiger partial charge in [0.05, 0.1) is 18.3 Å². The molecule has 2 aromatic carbocycles. The molecule has 0 fully saturated rings. The van der Waals surface area contributed by atoms with Gasteiger partial charge in [-0.05, 0) is 50.6 Å². The molecular formula is C24H22ClN3O3. The summed E-state index contributed by atoms with van der Waals surface area (Å²) >= 11 is 6.26. The molecule has 1 amide bonds. The number of halogens is 1. The Balaban J connectivity index is 1.86. The first-order valence-electron chi connectivity index (χ1n) is 9.93. The second-order valence-electron chi connectivity index (χ2n) is 7.35. The lowest BCUT2D eigenvalue weighted by atomic mass is 10.1. The fourth-order valence-electron chi connectivity index (χ4n) is 3.87. The fourth-order valence-corrected chi connectivity index (χ4v) is 4.02. The minimum Gasteiger partial charge on any atom is -0.494 e. The first-order chi connectivity index (χ1) is 14.8. The summed E-state index contributed by atoms with van der Waals surface area (Å²) in [5.74, 6) is 0.138. The summed E-state index contributed by atoms with van der Waals surface area (Å²) < 4.78 is 7.29. The van der Waals surface area contributed by atoms with Crippen molar-refractivity contribution in [3.63, 3.8) is 0 Å². The minimum atomic E-state index is -0.476. The van der Waals surface area contributed by atoms with Gasteiger partial charge in [0, 0.05) is 34.2 Å². The molecule has 0 atom stereocenters. The van der Waals surface area contributed by atoms with Crippen molar-refractivity contribution in [2.75, 3.05) is 12.4 Å². The molecule has 0 spiro atoms. The van der Waals surface area contributed by atoms with Crippen molar-refractivity contribution in [1.29, 1.82) is 0 Å². The van der Waals surface area contributed by atoms with Gasteiger partial charge >= 0.3 is 0 Å². The molecule has 1 N–H and O–H groups in total. The highest BCUT2D eigenvalue weighted by molar-refractivity contribution is 6.32. The number of aromatic nitrogens is 2. The molecule has 2 aromatic heterocycles. The van der Waals surface area contributed by atoms with Crippen LogP contribution in [-0.2, 0) is 6.54 Å². The van der Waals surface area contributed by atoms with Gasteiger partial charge in [0.1, 0.15) is 16.8 Å². The molecular weight excluding hydrogens is 414 g/mol. The third-order valence-electron chi connectivity index (χ3n) is 5.41. The molecule has 158 valence electrons. The van der Waals surface area contributed by atoms with Crippen molar-refractivity contribution in [2.24, 2.45) is 0 Å². The lowest BCUT2D eigenvalue weighted by molar-refractivity contribution is 0.102. The molecule has 0 saturated heterocycles. The van der Waals surface area contributed by atoms with Gasteiger partial charge in [-0.2, -0.15) is 0 Å². The molecule has 0 radical (unpaired) electrons. The number of amides is 1. The number of aryl methyl sites for hydroxylation is 3. The number of rotatable bonds is 4. The lowest BCUT2D eigenvalue weighted by Crippen LogP contribution is -2.24. The van der Waals surface area contributed by atoms with Crippen molar-refractivity contribution in [2.45, 2.75) is 27.3 Å². The van der Waals surface area contributed by atoms with Crippen LogP contribution in [0.3, 0.4) is 0 Å². The number of methoxy groups -OCH3 is 1. The van der Waals surface area contributed by atoms with Crippen LogP contribution in [0.5, 0.6) is 5.75 Å². The first kappa shape index (κ1) is 20.9. The molecule has 0 saturated carbocycles. The van der Waals surface area contributed by atoms with Crippen LogP contribution in [0.2, 0.25) is 5.02 Å². The van der Waals surface area contributed by atoms with E-state index in [-0.39, 0.29) is 11.0 Å². The summed E-state index contributed by atoms with van der Waals surface area (Å²) in [7, 11) is 1.58. The van der Waals surface area contributed by atoms with E-state index in [2.05, 4.69) is 10.3 Å². The molecule has 4 rings (SSSR count). The van der Waals surface area contributed by atoms with Crippen molar-refractivity contribution in [3.8, 4) is 5.75 Å². The Morgan fingerprint density at radius 1 is 1.19 bits per heavy atom. The third kappa shape index (κ3) is 3.53. The van der Waals surface area contributed by atoms with E-state index in [1.165, 1.54) is 0 Å². The Hall–Kier alpha value is -3.38. The van der Waals surface area contributed by atoms with Gasteiger partial charge in [0.25, 0.3) is 5.91 Å². The number of benzene rings is 2. The Bertz CT molecular complexity index is 1410. The number of anilines is 1. The number of hydrogen-bond acceptors (Lipinski definition) is 4. The molecule has 0 bridgehead atoms. The first-order valence-corrected chi connectivity index (χ1v) is 10.3. The smallest absolute Gasteiger partial charge is 0.261 e. The molecule has 0 aliphatic rings. The van der Waals surface area contributed by atoms with Gasteiger partial charge < -0.3 is 14.6 Å². The number of hydrogen-bond donors (Lipinski definition) is 1. The molecule has 2 heterocycles. The zero-order chi connectivity index (χ0) is 22.3. The van der Waals surface area contributed by atoms with Gasteiger partial charge in [0.15, 0.2) is 0 Å². The maximum Gasteiger partial charge on any atom is 0.261 e. The lowest BCUT2D eigenvalue weighted by Gasteiger charge is -2.15. The predicted molar refractivity (Wildman–Crippen MR) is 125 cm³/mol. The van der Waals surface area contributed by atoms with Crippen LogP contribution >= 0.6 is 11.6 Å². The van der Waals surface area contributed by atoms with Crippen LogP contribution in [0.15, 0.2) is 47.4 Å². The molecule has 0 aliphatic heterocycles. The Kier molecular flexibility index (Phi) is 5.41. The maximum absolute atomic E-state index is 13.2. The summed E-state index contributed by atoms with van der Waals surface area (Å²) in [6, 6.07) is 10.7. The van der Waals surface area contributed by atoms with Crippen molar-refractivity contribution in [1.82, 2.24) is 9.55 Å². The number of pyridine rings is 2. The summed E-state index contributed by atoms with van der Waals surface area (Å²) in [5.41, 5.74) is 3.24. The minimum absolute atomic E-state index is 0.0709. The second kappa shape index (κ2) is 8.04. The summed E-state index contributed by atoms with van der Waals surface area (Å²) in [6.45, 7) is 6.26. The third-order valence-corrected chi connectivity index (χ3v) is 5.82. The predicted octanol–water partition coefficient (Wildman–Crippen LogP) is 5.10. The summed E-state index contributed by atoms with van der Waals surface area (Å²) in [4.78, 5) is 30.9. The molecule has 4 aromatic rings. The Morgan fingerprint density at radius 3 is 2.68 bits per heavy atom. The van der Waals surface area contributed by atoms with Crippen molar-refractivity contribution < 1.29 is 9.53 Å². The average Bonchev–Trinajstić information content (AvgIpc) is 2.76. The van der Waals surface area contributed by atoms with Gasteiger partial charge in [-0.1, -0.05) is 23.7 Å². The largest absolute Gasteiger partial charge is 0.494 e. The van der Waals surface area contributed by atoms with E-state index >= 15 is 0 Å². The number of nitrogens with one attached hydrogen (secondary N) is 1. The van der Waals surface area contributed by atoms with Crippen molar-refractivity contribution in [3.05, 3.63) is 74.7 Å². The maximum atomic E-state index is 13.2. The molecule has 0 aliphatic carbocycles. The second-order valence-corrected chi connectivity index (χ2v) is 7.76. The average molecular weight is 436 g/mol. The summed E-state index contributed by atoms with van der Waals surface area (Å²) in [6.07, 6.45) is 1.60. The SMILES string of the molecule is CCn1cc(C(=O)Nc2cc(C)nc3c(OC)cccc23)c(=O)c2ccc(Cl)c(C)c21. The fraction of sp³-hybridized carbons (Fsp3) is 0.208. The van der Waals surface area contributed by atoms with Crippen molar-refractivity contribution >= 4 is 45.0 Å². The number of ether oxygens (including phenoxy) is 1. The number of carbonyl (C=O) groups excluding carboxylic acids is 1. The Morgan fingerprint density at radius 2 is 1.97 bits per heavy atom. The van der Waals surface area contributed by atoms with E-state index in [0.717, 1.165) is 22.2 Å². The molecule has 0 unspecified atom stereocenters. The van der Waals surface area contributed by atoms with Gasteiger partial charge in [-0.3, -0.25) is 9.59 Å². The van der Waals surface area contributed by atoms with E-state index in [1.54, 1.807) is 31.5 Å². The highest BCUT2D eigenvalue weighted by Crippen LogP contribution is 2.30. The summed E-state index contributed by atoms with van der Waals surface area (Å²) in [5, 5.41) is 4.69. The molecule has 7 heteroatoms. The van der Waals surface area contributed by atoms with Gasteiger partial charge in [0.2, 0.25) is 5.43 Å². The quantitative estimate of drug-likeness (QED) is 0.484. The van der Waals surface area contributed by atoms with E-state index < -0.39 is 5.91 Å².